The monoisotopic (exact) mass is 509 g/mol. The van der Waals surface area contributed by atoms with Crippen LogP contribution in [0.4, 0.5) is 13.2 Å². The van der Waals surface area contributed by atoms with Crippen LogP contribution in [-0.4, -0.2) is 59.5 Å². The molecular formula is C22H34F3N3O3S2. The van der Waals surface area contributed by atoms with Crippen LogP contribution in [0.3, 0.4) is 0 Å². The molecule has 0 amide bonds. The summed E-state index contributed by atoms with van der Waals surface area (Å²) < 4.78 is 84.5. The van der Waals surface area contributed by atoms with Crippen molar-refractivity contribution in [1.82, 2.24) is 14.3 Å². The van der Waals surface area contributed by atoms with Crippen LogP contribution in [0, 0.1) is 23.4 Å². The molecule has 188 valence electrons. The van der Waals surface area contributed by atoms with Gasteiger partial charge in [-0.1, -0.05) is 0 Å². The summed E-state index contributed by atoms with van der Waals surface area (Å²) in [5.41, 5.74) is 0.00808. The van der Waals surface area contributed by atoms with Crippen LogP contribution < -0.4 is 10.0 Å². The van der Waals surface area contributed by atoms with Crippen molar-refractivity contribution in [2.75, 3.05) is 19.3 Å². The number of piperidine rings is 1. The minimum Gasteiger partial charge on any atom is -0.598 e. The minimum atomic E-state index is -3.41. The van der Waals surface area contributed by atoms with Gasteiger partial charge in [-0.25, -0.2) is 21.6 Å². The maximum Gasteiger partial charge on any atom is 0.215 e. The number of hydrogen-bond acceptors (Lipinski definition) is 5. The quantitative estimate of drug-likeness (QED) is 0.395. The molecule has 1 aromatic rings. The zero-order valence-electron chi connectivity index (χ0n) is 19.5. The van der Waals surface area contributed by atoms with Crippen LogP contribution in [0.15, 0.2) is 12.1 Å². The average Bonchev–Trinajstić information content (AvgIpc) is 3.00. The lowest BCUT2D eigenvalue weighted by Crippen LogP contribution is -2.54. The average molecular weight is 510 g/mol. The molecule has 2 fully saturated rings. The summed E-state index contributed by atoms with van der Waals surface area (Å²) in [5, 5.41) is 2.87. The fraction of sp³-hybridized carbons (Fsp3) is 0.727. The van der Waals surface area contributed by atoms with Crippen LogP contribution in [0.5, 0.6) is 0 Å². The molecule has 2 saturated heterocycles. The molecule has 0 aromatic heterocycles. The second-order valence-corrected chi connectivity index (χ2v) is 14.0. The lowest BCUT2D eigenvalue weighted by molar-refractivity contribution is 0.165. The highest BCUT2D eigenvalue weighted by Gasteiger charge is 2.48. The maximum atomic E-state index is 14.4. The Bertz CT molecular complexity index is 929. The summed E-state index contributed by atoms with van der Waals surface area (Å²) in [4.78, 5) is 0. The highest BCUT2D eigenvalue weighted by Crippen LogP contribution is 2.42. The van der Waals surface area contributed by atoms with Crippen LogP contribution in [0.2, 0.25) is 0 Å². The Morgan fingerprint density at radius 2 is 1.70 bits per heavy atom. The molecule has 2 heterocycles. The highest BCUT2D eigenvalue weighted by molar-refractivity contribution is 7.90. The number of nitrogens with zero attached hydrogens (tertiary/aromatic N) is 1. The van der Waals surface area contributed by atoms with E-state index in [0.29, 0.717) is 25.5 Å². The molecule has 3 rings (SSSR count). The van der Waals surface area contributed by atoms with Crippen LogP contribution in [0.1, 0.15) is 52.0 Å². The molecule has 0 radical (unpaired) electrons. The van der Waals surface area contributed by atoms with Crippen molar-refractivity contribution in [3.8, 4) is 0 Å². The summed E-state index contributed by atoms with van der Waals surface area (Å²) >= 11 is -1.47. The number of benzene rings is 1. The summed E-state index contributed by atoms with van der Waals surface area (Å²) in [6, 6.07) is 0.569. The van der Waals surface area contributed by atoms with E-state index in [-0.39, 0.29) is 35.7 Å². The molecule has 0 aliphatic carbocycles. The van der Waals surface area contributed by atoms with Gasteiger partial charge in [-0.05, 0) is 77.5 Å². The Kier molecular flexibility index (Phi) is 8.44. The van der Waals surface area contributed by atoms with E-state index < -0.39 is 49.6 Å². The first-order chi connectivity index (χ1) is 15.3. The molecule has 2 unspecified atom stereocenters. The van der Waals surface area contributed by atoms with Crippen molar-refractivity contribution < 1.29 is 26.1 Å². The number of halogens is 3. The standard InChI is InChI=1S/C22H34F3N3O3S2/c1-22(2,3)32(29)27-21(12-14-11-19(24)20(25)13-18(14)23)15-9-16-5-6-17(10-15)28(16)33(30,31)8-7-26-4/h11,13,15-17,21,26-27H,5-10,12H2,1-4H3/t15?,16-,17+,21-,32?/m1/s1. The van der Waals surface area contributed by atoms with Crippen LogP contribution in [0.25, 0.3) is 0 Å². The van der Waals surface area contributed by atoms with E-state index in [1.54, 1.807) is 11.4 Å². The molecule has 33 heavy (non-hydrogen) atoms. The lowest BCUT2D eigenvalue weighted by Gasteiger charge is -2.41. The third kappa shape index (κ3) is 6.24. The molecule has 2 aliphatic rings. The van der Waals surface area contributed by atoms with Gasteiger partial charge in [0.05, 0.1) is 11.8 Å². The summed E-state index contributed by atoms with van der Waals surface area (Å²) in [7, 11) is -1.71. The number of fused-ring (bicyclic) bond motifs is 2. The van der Waals surface area contributed by atoms with Gasteiger partial charge in [-0.2, -0.15) is 4.31 Å². The predicted molar refractivity (Wildman–Crippen MR) is 124 cm³/mol. The van der Waals surface area contributed by atoms with Gasteiger partial charge in [-0.3, -0.25) is 0 Å². The molecule has 0 spiro atoms. The second-order valence-electron chi connectivity index (χ2n) is 10.0. The van der Waals surface area contributed by atoms with Gasteiger partial charge in [0.15, 0.2) is 11.6 Å². The Balaban J connectivity index is 1.84. The van der Waals surface area contributed by atoms with Gasteiger partial charge in [0.2, 0.25) is 10.0 Å². The molecule has 2 aliphatic heterocycles. The smallest absolute Gasteiger partial charge is 0.215 e. The SMILES string of the molecule is CNCCS(=O)(=O)N1[C@@H]2CC[C@H]1CC([C@@H](Cc1cc(F)c(F)cc1F)N[S+]([O-])C(C)(C)C)C2. The van der Waals surface area contributed by atoms with Crippen molar-refractivity contribution in [2.24, 2.45) is 5.92 Å². The van der Waals surface area contributed by atoms with E-state index in [1.165, 1.54) is 0 Å². The normalized spacial score (nSPS) is 25.9. The van der Waals surface area contributed by atoms with Gasteiger partial charge < -0.3 is 9.87 Å². The Morgan fingerprint density at radius 1 is 1.12 bits per heavy atom. The summed E-state index contributed by atoms with van der Waals surface area (Å²) in [5.74, 6) is -3.30. The zero-order chi connectivity index (χ0) is 24.6. The highest BCUT2D eigenvalue weighted by atomic mass is 32.2. The van der Waals surface area contributed by atoms with Crippen molar-refractivity contribution in [2.45, 2.75) is 75.7 Å². The van der Waals surface area contributed by atoms with Gasteiger partial charge in [0, 0.05) is 36.1 Å². The fourth-order valence-electron chi connectivity index (χ4n) is 4.87. The van der Waals surface area contributed by atoms with Gasteiger partial charge in [-0.15, -0.1) is 4.72 Å². The Morgan fingerprint density at radius 3 is 2.24 bits per heavy atom. The summed E-state index contributed by atoms with van der Waals surface area (Å²) in [6.07, 6.45) is 2.60. The fourth-order valence-corrected chi connectivity index (χ4v) is 7.74. The van der Waals surface area contributed by atoms with Gasteiger partial charge in [0.1, 0.15) is 10.6 Å². The van der Waals surface area contributed by atoms with E-state index in [1.807, 2.05) is 20.8 Å². The van der Waals surface area contributed by atoms with Crippen molar-refractivity contribution >= 4 is 21.4 Å². The molecule has 2 N–H and O–H groups in total. The number of sulfonamides is 1. The largest absolute Gasteiger partial charge is 0.598 e. The number of hydrogen-bond donors (Lipinski definition) is 2. The zero-order valence-corrected chi connectivity index (χ0v) is 21.2. The molecule has 6 nitrogen and oxygen atoms in total. The van der Waals surface area contributed by atoms with E-state index in [2.05, 4.69) is 10.0 Å². The third-order valence-electron chi connectivity index (χ3n) is 6.55. The first kappa shape index (κ1) is 26.7. The maximum absolute atomic E-state index is 14.4. The van der Waals surface area contributed by atoms with E-state index in [4.69, 9.17) is 0 Å². The van der Waals surface area contributed by atoms with Crippen molar-refractivity contribution in [3.05, 3.63) is 35.1 Å². The first-order valence-corrected chi connectivity index (χ1v) is 14.1. The number of rotatable bonds is 9. The molecular weight excluding hydrogens is 475 g/mol. The lowest BCUT2D eigenvalue weighted by atomic mass is 9.83. The third-order valence-corrected chi connectivity index (χ3v) is 10.1. The van der Waals surface area contributed by atoms with Gasteiger partial charge >= 0.3 is 0 Å². The van der Waals surface area contributed by atoms with E-state index in [0.717, 1.165) is 18.9 Å². The minimum absolute atomic E-state index is 0.00808. The van der Waals surface area contributed by atoms with E-state index in [9.17, 15) is 26.1 Å². The first-order valence-electron chi connectivity index (χ1n) is 11.3. The Labute approximate surface area is 198 Å². The molecule has 11 heteroatoms. The van der Waals surface area contributed by atoms with Crippen molar-refractivity contribution in [3.63, 3.8) is 0 Å². The molecule has 5 atom stereocenters. The van der Waals surface area contributed by atoms with Crippen molar-refractivity contribution in [1.29, 1.82) is 0 Å². The summed E-state index contributed by atoms with van der Waals surface area (Å²) in [6.45, 7) is 5.80. The van der Waals surface area contributed by atoms with Crippen LogP contribution in [-0.2, 0) is 27.8 Å². The van der Waals surface area contributed by atoms with Crippen LogP contribution >= 0.6 is 0 Å². The topological polar surface area (TPSA) is 84.5 Å². The molecule has 0 saturated carbocycles. The number of nitrogens with one attached hydrogen (secondary N) is 2. The van der Waals surface area contributed by atoms with E-state index >= 15 is 0 Å². The second kappa shape index (κ2) is 10.4. The molecule has 2 bridgehead atoms. The van der Waals surface area contributed by atoms with Gasteiger partial charge in [0.25, 0.3) is 0 Å². The molecule has 1 aromatic carbocycles. The Hall–Kier alpha value is -0.850. The predicted octanol–water partition coefficient (Wildman–Crippen LogP) is 2.86.